The fraction of sp³-hybridized carbons (Fsp3) is 0.476. The van der Waals surface area contributed by atoms with Gasteiger partial charge in [0.2, 0.25) is 5.43 Å². The third-order valence-electron chi connectivity index (χ3n) is 6.13. The Morgan fingerprint density at radius 1 is 1.41 bits per heavy atom. The summed E-state index contributed by atoms with van der Waals surface area (Å²) in [6.07, 6.45) is 2.14. The summed E-state index contributed by atoms with van der Waals surface area (Å²) >= 11 is 0. The van der Waals surface area contributed by atoms with Crippen LogP contribution >= 0.6 is 0 Å². The van der Waals surface area contributed by atoms with Crippen molar-refractivity contribution in [2.24, 2.45) is 5.73 Å². The maximum absolute atomic E-state index is 15.2. The molecule has 2 atom stereocenters. The predicted molar refractivity (Wildman–Crippen MR) is 109 cm³/mol. The molecule has 172 valence electrons. The highest BCUT2D eigenvalue weighted by Gasteiger charge is 2.42. The molecule has 1 saturated carbocycles. The number of halogens is 2. The van der Waals surface area contributed by atoms with E-state index in [0.29, 0.717) is 0 Å². The van der Waals surface area contributed by atoms with E-state index in [4.69, 9.17) is 5.73 Å². The molecule has 11 heteroatoms. The number of aromatic nitrogens is 2. The first-order valence-electron chi connectivity index (χ1n) is 10.3. The number of hydrogen-bond donors (Lipinski definition) is 4. The van der Waals surface area contributed by atoms with Crippen molar-refractivity contribution in [3.8, 4) is 0 Å². The van der Waals surface area contributed by atoms with Gasteiger partial charge in [0.15, 0.2) is 0 Å². The molecule has 1 saturated heterocycles. The van der Waals surface area contributed by atoms with E-state index >= 15 is 4.39 Å². The van der Waals surface area contributed by atoms with Gasteiger partial charge in [-0.1, -0.05) is 0 Å². The van der Waals surface area contributed by atoms with Crippen molar-refractivity contribution >= 4 is 17.0 Å². The number of aromatic carboxylic acids is 1. The number of nitrogens with zero attached hydrogens (tertiary/aromatic N) is 3. The van der Waals surface area contributed by atoms with E-state index in [2.05, 4.69) is 4.98 Å². The van der Waals surface area contributed by atoms with Gasteiger partial charge < -0.3 is 25.7 Å². The summed E-state index contributed by atoms with van der Waals surface area (Å²) in [5.74, 6) is -3.17. The average Bonchev–Trinajstić information content (AvgIpc) is 3.57. The van der Waals surface area contributed by atoms with Crippen LogP contribution in [0, 0.1) is 5.82 Å². The summed E-state index contributed by atoms with van der Waals surface area (Å²) in [5, 5.41) is 31.7. The molecule has 0 radical (unpaired) electrons. The molecule has 0 spiro atoms. The van der Waals surface area contributed by atoms with Crippen molar-refractivity contribution < 1.29 is 29.0 Å². The summed E-state index contributed by atoms with van der Waals surface area (Å²) in [6.45, 7) is 0.934. The second kappa shape index (κ2) is 8.00. The molecule has 1 aliphatic carbocycles. The van der Waals surface area contributed by atoms with Gasteiger partial charge in [-0.3, -0.25) is 4.79 Å². The number of rotatable bonds is 4. The molecular weight excluding hydrogens is 426 g/mol. The monoisotopic (exact) mass is 450 g/mol. The van der Waals surface area contributed by atoms with Gasteiger partial charge in [-0.05, 0) is 37.8 Å². The second-order valence-electron chi connectivity index (χ2n) is 8.58. The minimum absolute atomic E-state index is 0.0176. The van der Waals surface area contributed by atoms with Gasteiger partial charge in [0.1, 0.15) is 34.1 Å². The maximum atomic E-state index is 15.2. The number of aliphatic hydroxyl groups is 1. The zero-order valence-corrected chi connectivity index (χ0v) is 17.4. The number of nitrogens with two attached hydrogens (primary N) is 1. The standard InChI is InChI=1S/C21H24F2N4O5/c1-10-5-21(31,6-11(8-27(10)32)16(23)7-24)18-15(22)4-13-17(28)14(20(29)30)9-26(12-2-3-12)19(13)25-18/h4,9-10,12,31-32H,2-3,5-8,24H2,1H3,(H,29,30)/b16-11+/t10-,21?/m1/s1. The normalized spacial score (nSPS) is 26.2. The van der Waals surface area contributed by atoms with Crippen LogP contribution in [0.15, 0.2) is 28.5 Å². The first kappa shape index (κ1) is 22.5. The zero-order valence-electron chi connectivity index (χ0n) is 17.4. The number of hydrogen-bond acceptors (Lipinski definition) is 7. The van der Waals surface area contributed by atoms with Crippen molar-refractivity contribution in [3.63, 3.8) is 0 Å². The summed E-state index contributed by atoms with van der Waals surface area (Å²) in [7, 11) is 0. The second-order valence-corrected chi connectivity index (χ2v) is 8.58. The van der Waals surface area contributed by atoms with Crippen molar-refractivity contribution in [2.45, 2.75) is 50.3 Å². The van der Waals surface area contributed by atoms with Crippen molar-refractivity contribution in [1.82, 2.24) is 14.6 Å². The van der Waals surface area contributed by atoms with Gasteiger partial charge in [0, 0.05) is 37.8 Å². The molecule has 2 fully saturated rings. The highest BCUT2D eigenvalue weighted by Crippen LogP contribution is 2.40. The molecule has 1 aliphatic heterocycles. The lowest BCUT2D eigenvalue weighted by atomic mass is 9.86. The molecule has 2 aliphatic rings. The number of carboxylic acids is 1. The van der Waals surface area contributed by atoms with Crippen LogP contribution in [0.2, 0.25) is 0 Å². The smallest absolute Gasteiger partial charge is 0.341 e. The Kier molecular flexibility index (Phi) is 5.61. The van der Waals surface area contributed by atoms with Gasteiger partial charge in [-0.15, -0.1) is 0 Å². The molecule has 0 amide bonds. The maximum Gasteiger partial charge on any atom is 0.341 e. The fourth-order valence-corrected chi connectivity index (χ4v) is 4.29. The largest absolute Gasteiger partial charge is 0.477 e. The zero-order chi connectivity index (χ0) is 23.4. The Morgan fingerprint density at radius 2 is 2.09 bits per heavy atom. The minimum Gasteiger partial charge on any atom is -0.477 e. The molecule has 0 aromatic carbocycles. The van der Waals surface area contributed by atoms with Crippen LogP contribution in [0.1, 0.15) is 54.7 Å². The summed E-state index contributed by atoms with van der Waals surface area (Å²) in [6, 6.07) is 0.112. The summed E-state index contributed by atoms with van der Waals surface area (Å²) in [5.41, 5.74) is 1.70. The topological polar surface area (TPSA) is 142 Å². The highest BCUT2D eigenvalue weighted by molar-refractivity contribution is 5.91. The fourth-order valence-electron chi connectivity index (χ4n) is 4.29. The SMILES string of the molecule is C[C@@H]1CC(O)(c2nc3c(cc2F)c(=O)c(C(=O)O)cn3C2CC2)C/C(=C(\F)CN)CN1O. The first-order chi connectivity index (χ1) is 15.1. The molecule has 1 unspecified atom stereocenters. The number of carboxylic acid groups (broad SMARTS) is 1. The van der Waals surface area contributed by atoms with E-state index < -0.39 is 52.5 Å². The lowest BCUT2D eigenvalue weighted by molar-refractivity contribution is -0.124. The van der Waals surface area contributed by atoms with E-state index in [1.54, 1.807) is 6.92 Å². The number of fused-ring (bicyclic) bond motifs is 1. The van der Waals surface area contributed by atoms with Crippen LogP contribution in [0.3, 0.4) is 0 Å². The molecule has 0 bridgehead atoms. The van der Waals surface area contributed by atoms with Crippen LogP contribution < -0.4 is 11.2 Å². The van der Waals surface area contributed by atoms with Crippen LogP contribution in [0.5, 0.6) is 0 Å². The summed E-state index contributed by atoms with van der Waals surface area (Å²) < 4.78 is 31.1. The lowest BCUT2D eigenvalue weighted by Gasteiger charge is -2.29. The van der Waals surface area contributed by atoms with Crippen molar-refractivity contribution in [1.29, 1.82) is 0 Å². The average molecular weight is 450 g/mol. The summed E-state index contributed by atoms with van der Waals surface area (Å²) in [4.78, 5) is 28.4. The molecule has 32 heavy (non-hydrogen) atoms. The quantitative estimate of drug-likeness (QED) is 0.553. The van der Waals surface area contributed by atoms with E-state index in [-0.39, 0.29) is 42.0 Å². The van der Waals surface area contributed by atoms with E-state index in [1.165, 1.54) is 10.8 Å². The minimum atomic E-state index is -1.99. The Hall–Kier alpha value is -2.73. The number of carbonyl (C=O) groups is 1. The van der Waals surface area contributed by atoms with Crippen LogP contribution in [0.4, 0.5) is 8.78 Å². The van der Waals surface area contributed by atoms with Crippen molar-refractivity contribution in [2.75, 3.05) is 13.1 Å². The Labute approximate surface area is 181 Å². The Balaban J connectivity index is 1.95. The van der Waals surface area contributed by atoms with Gasteiger partial charge in [-0.25, -0.2) is 18.6 Å². The highest BCUT2D eigenvalue weighted by atomic mass is 19.1. The molecule has 2 aromatic heterocycles. The molecule has 9 nitrogen and oxygen atoms in total. The lowest BCUT2D eigenvalue weighted by Crippen LogP contribution is -2.36. The molecule has 3 heterocycles. The predicted octanol–water partition coefficient (Wildman–Crippen LogP) is 1.81. The third kappa shape index (κ3) is 3.81. The van der Waals surface area contributed by atoms with E-state index in [9.17, 15) is 29.4 Å². The van der Waals surface area contributed by atoms with Crippen molar-refractivity contribution in [3.05, 3.63) is 51.0 Å². The van der Waals surface area contributed by atoms with Gasteiger partial charge in [0.05, 0.1) is 5.39 Å². The van der Waals surface area contributed by atoms with Gasteiger partial charge >= 0.3 is 5.97 Å². The molecule has 4 rings (SSSR count). The Morgan fingerprint density at radius 3 is 2.69 bits per heavy atom. The van der Waals surface area contributed by atoms with Gasteiger partial charge in [-0.2, -0.15) is 5.06 Å². The van der Waals surface area contributed by atoms with E-state index in [1.807, 2.05) is 0 Å². The molecular formula is C21H24F2N4O5. The first-order valence-corrected chi connectivity index (χ1v) is 10.3. The number of hydroxylamine groups is 2. The molecule has 2 aromatic rings. The third-order valence-corrected chi connectivity index (χ3v) is 6.13. The van der Waals surface area contributed by atoms with Gasteiger partial charge in [0.25, 0.3) is 0 Å². The van der Waals surface area contributed by atoms with Crippen LogP contribution in [0.25, 0.3) is 11.0 Å². The molecule has 5 N–H and O–H groups in total. The van der Waals surface area contributed by atoms with Crippen LogP contribution in [-0.4, -0.2) is 55.1 Å². The number of pyridine rings is 2. The van der Waals surface area contributed by atoms with E-state index in [0.717, 1.165) is 24.0 Å². The van der Waals surface area contributed by atoms with Crippen LogP contribution in [-0.2, 0) is 5.60 Å². The Bertz CT molecular complexity index is 1190.